The molecule has 2 atom stereocenters. The van der Waals surface area contributed by atoms with Gasteiger partial charge in [-0.2, -0.15) is 0 Å². The predicted molar refractivity (Wildman–Crippen MR) is 107 cm³/mol. The first-order chi connectivity index (χ1) is 13.6. The number of anilines is 2. The molecular formula is C20H23N5O3. The number of benzene rings is 1. The lowest BCUT2D eigenvalue weighted by Gasteiger charge is -2.49. The van der Waals surface area contributed by atoms with E-state index in [-0.39, 0.29) is 28.5 Å². The summed E-state index contributed by atoms with van der Waals surface area (Å²) in [4.78, 5) is 32.5. The zero-order valence-electron chi connectivity index (χ0n) is 15.7. The normalized spacial score (nSPS) is 20.9. The fourth-order valence-electron chi connectivity index (χ4n) is 4.28. The number of non-ortho nitro benzene ring substituents is 1. The number of nitro benzene ring substituents is 1. The van der Waals surface area contributed by atoms with Gasteiger partial charge in [0.15, 0.2) is 0 Å². The number of nitrogens with zero attached hydrogens (tertiary/aromatic N) is 4. The molecule has 8 heteroatoms. The van der Waals surface area contributed by atoms with Crippen LogP contribution < -0.4 is 15.1 Å². The molecule has 8 nitrogen and oxygen atoms in total. The SMILES string of the molecule is CCNC(=O)[C@@H]1Cc2cc([N+](=O)[O-])ccc2N2CCN(c3ccccn3)C[C@H]12. The molecule has 0 bridgehead atoms. The van der Waals surface area contributed by atoms with Crippen molar-refractivity contribution in [3.8, 4) is 0 Å². The summed E-state index contributed by atoms with van der Waals surface area (Å²) in [5.41, 5.74) is 1.93. The van der Waals surface area contributed by atoms with Crippen molar-refractivity contribution in [2.75, 3.05) is 36.0 Å². The van der Waals surface area contributed by atoms with Crippen molar-refractivity contribution in [2.45, 2.75) is 19.4 Å². The van der Waals surface area contributed by atoms with E-state index in [0.717, 1.165) is 30.2 Å². The second kappa shape index (κ2) is 7.46. The summed E-state index contributed by atoms with van der Waals surface area (Å²) in [5.74, 6) is 0.643. The van der Waals surface area contributed by atoms with E-state index in [1.54, 1.807) is 18.3 Å². The van der Waals surface area contributed by atoms with Crippen LogP contribution in [0.3, 0.4) is 0 Å². The molecule has 1 aromatic heterocycles. The first-order valence-electron chi connectivity index (χ1n) is 9.56. The smallest absolute Gasteiger partial charge is 0.269 e. The highest BCUT2D eigenvalue weighted by molar-refractivity contribution is 5.82. The molecule has 0 radical (unpaired) electrons. The third-order valence-electron chi connectivity index (χ3n) is 5.57. The summed E-state index contributed by atoms with van der Waals surface area (Å²) in [6, 6.07) is 10.8. The van der Waals surface area contributed by atoms with Gasteiger partial charge in [-0.1, -0.05) is 6.07 Å². The van der Waals surface area contributed by atoms with Gasteiger partial charge in [0, 0.05) is 50.2 Å². The number of amides is 1. The molecule has 146 valence electrons. The molecule has 2 aliphatic heterocycles. The second-order valence-corrected chi connectivity index (χ2v) is 7.17. The standard InChI is InChI=1S/C20H23N5O3/c1-2-21-20(26)16-12-14-11-15(25(27)28)6-7-17(14)24-10-9-23(13-18(16)24)19-5-3-4-8-22-19/h3-8,11,16,18H,2,9-10,12-13H2,1H3,(H,21,26)/t16-,18-/m1/s1. The van der Waals surface area contributed by atoms with Crippen LogP contribution in [0.15, 0.2) is 42.6 Å². The van der Waals surface area contributed by atoms with E-state index in [1.165, 1.54) is 0 Å². The van der Waals surface area contributed by atoms with Crippen molar-refractivity contribution in [1.29, 1.82) is 0 Å². The molecule has 1 N–H and O–H groups in total. The fourth-order valence-corrected chi connectivity index (χ4v) is 4.28. The Morgan fingerprint density at radius 1 is 1.32 bits per heavy atom. The topological polar surface area (TPSA) is 91.6 Å². The number of carbonyl (C=O) groups is 1. The van der Waals surface area contributed by atoms with Crippen LogP contribution in [0.2, 0.25) is 0 Å². The highest BCUT2D eigenvalue weighted by Gasteiger charge is 2.42. The van der Waals surface area contributed by atoms with Crippen LogP contribution in [0.4, 0.5) is 17.2 Å². The molecule has 28 heavy (non-hydrogen) atoms. The van der Waals surface area contributed by atoms with Gasteiger partial charge in [-0.25, -0.2) is 4.98 Å². The maximum absolute atomic E-state index is 12.8. The Labute approximate surface area is 163 Å². The average Bonchev–Trinajstić information content (AvgIpc) is 2.73. The number of piperazine rings is 1. The number of nitro groups is 1. The van der Waals surface area contributed by atoms with Gasteiger partial charge in [0.05, 0.1) is 16.9 Å². The summed E-state index contributed by atoms with van der Waals surface area (Å²) in [7, 11) is 0. The number of carbonyl (C=O) groups excluding carboxylic acids is 1. The number of rotatable bonds is 4. The number of nitrogens with one attached hydrogen (secondary N) is 1. The maximum atomic E-state index is 12.8. The van der Waals surface area contributed by atoms with E-state index < -0.39 is 0 Å². The molecule has 1 aromatic carbocycles. The molecule has 3 heterocycles. The first-order valence-corrected chi connectivity index (χ1v) is 9.56. The van der Waals surface area contributed by atoms with Gasteiger partial charge in [0.1, 0.15) is 5.82 Å². The Kier molecular flexibility index (Phi) is 4.85. The van der Waals surface area contributed by atoms with Crippen LogP contribution in [-0.2, 0) is 11.2 Å². The quantitative estimate of drug-likeness (QED) is 0.643. The zero-order valence-corrected chi connectivity index (χ0v) is 15.7. The second-order valence-electron chi connectivity index (χ2n) is 7.17. The third kappa shape index (κ3) is 3.26. The Morgan fingerprint density at radius 2 is 2.18 bits per heavy atom. The molecule has 2 aromatic rings. The van der Waals surface area contributed by atoms with Gasteiger partial charge >= 0.3 is 0 Å². The van der Waals surface area contributed by atoms with Crippen molar-refractivity contribution in [2.24, 2.45) is 5.92 Å². The van der Waals surface area contributed by atoms with Crippen LogP contribution in [0.5, 0.6) is 0 Å². The minimum Gasteiger partial charge on any atom is -0.364 e. The minimum absolute atomic E-state index is 0.00229. The number of hydrogen-bond acceptors (Lipinski definition) is 6. The fraction of sp³-hybridized carbons (Fsp3) is 0.400. The van der Waals surface area contributed by atoms with Crippen molar-refractivity contribution in [3.05, 3.63) is 58.3 Å². The molecule has 0 aliphatic carbocycles. The third-order valence-corrected chi connectivity index (χ3v) is 5.57. The van der Waals surface area contributed by atoms with Gasteiger partial charge in [-0.15, -0.1) is 0 Å². The highest BCUT2D eigenvalue weighted by Crippen LogP contribution is 2.38. The lowest BCUT2D eigenvalue weighted by Crippen LogP contribution is -2.61. The van der Waals surface area contributed by atoms with E-state index in [9.17, 15) is 14.9 Å². The molecule has 0 spiro atoms. The number of fused-ring (bicyclic) bond motifs is 3. The molecular weight excluding hydrogens is 358 g/mol. The van der Waals surface area contributed by atoms with E-state index in [1.807, 2.05) is 31.2 Å². The first kappa shape index (κ1) is 18.2. The number of pyridine rings is 1. The Bertz CT molecular complexity index is 889. The predicted octanol–water partition coefficient (Wildman–Crippen LogP) is 1.99. The van der Waals surface area contributed by atoms with Gasteiger partial charge in [-0.05, 0) is 37.1 Å². The Morgan fingerprint density at radius 3 is 2.89 bits per heavy atom. The van der Waals surface area contributed by atoms with E-state index >= 15 is 0 Å². The van der Waals surface area contributed by atoms with Gasteiger partial charge < -0.3 is 15.1 Å². The van der Waals surface area contributed by atoms with Gasteiger partial charge in [-0.3, -0.25) is 14.9 Å². The molecule has 2 aliphatic rings. The minimum atomic E-state index is -0.382. The zero-order chi connectivity index (χ0) is 19.7. The Hall–Kier alpha value is -3.16. The van der Waals surface area contributed by atoms with Crippen LogP contribution >= 0.6 is 0 Å². The van der Waals surface area contributed by atoms with E-state index in [2.05, 4.69) is 20.1 Å². The highest BCUT2D eigenvalue weighted by atomic mass is 16.6. The summed E-state index contributed by atoms with van der Waals surface area (Å²) in [6.07, 6.45) is 2.28. The summed E-state index contributed by atoms with van der Waals surface area (Å²) < 4.78 is 0. The Balaban J connectivity index is 1.68. The summed E-state index contributed by atoms with van der Waals surface area (Å²) in [5, 5.41) is 14.1. The van der Waals surface area contributed by atoms with E-state index in [0.29, 0.717) is 19.5 Å². The molecule has 1 fully saturated rings. The lowest BCUT2D eigenvalue weighted by molar-refractivity contribution is -0.384. The average molecular weight is 381 g/mol. The van der Waals surface area contributed by atoms with E-state index in [4.69, 9.17) is 0 Å². The number of hydrogen-bond donors (Lipinski definition) is 1. The molecule has 1 amide bonds. The lowest BCUT2D eigenvalue weighted by atomic mass is 9.83. The largest absolute Gasteiger partial charge is 0.364 e. The molecule has 1 saturated heterocycles. The van der Waals surface area contributed by atoms with Crippen LogP contribution in [0.1, 0.15) is 12.5 Å². The molecule has 0 unspecified atom stereocenters. The van der Waals surface area contributed by atoms with Crippen LogP contribution in [0, 0.1) is 16.0 Å². The maximum Gasteiger partial charge on any atom is 0.269 e. The van der Waals surface area contributed by atoms with Crippen molar-refractivity contribution in [3.63, 3.8) is 0 Å². The molecule has 0 saturated carbocycles. The summed E-state index contributed by atoms with van der Waals surface area (Å²) in [6.45, 7) is 4.68. The number of aromatic nitrogens is 1. The van der Waals surface area contributed by atoms with Crippen LogP contribution in [-0.4, -0.2) is 48.0 Å². The van der Waals surface area contributed by atoms with Crippen molar-refractivity contribution >= 4 is 23.1 Å². The monoisotopic (exact) mass is 381 g/mol. The van der Waals surface area contributed by atoms with Crippen molar-refractivity contribution < 1.29 is 9.72 Å². The van der Waals surface area contributed by atoms with Gasteiger partial charge in [0.25, 0.3) is 5.69 Å². The molecule has 4 rings (SSSR count). The van der Waals surface area contributed by atoms with Crippen molar-refractivity contribution in [1.82, 2.24) is 10.3 Å². The summed E-state index contributed by atoms with van der Waals surface area (Å²) >= 11 is 0. The van der Waals surface area contributed by atoms with Gasteiger partial charge in [0.2, 0.25) is 5.91 Å². The van der Waals surface area contributed by atoms with Crippen LogP contribution in [0.25, 0.3) is 0 Å².